The molecular formula is C16H21NO3. The normalized spacial score (nSPS) is 20.8. The maximum absolute atomic E-state index is 12.3. The van der Waals surface area contributed by atoms with Crippen molar-refractivity contribution >= 4 is 5.91 Å². The van der Waals surface area contributed by atoms with Crippen molar-refractivity contribution in [2.24, 2.45) is 5.92 Å². The molecule has 0 radical (unpaired) electrons. The molecule has 4 nitrogen and oxygen atoms in total. The highest BCUT2D eigenvalue weighted by Gasteiger charge is 2.30. The van der Waals surface area contributed by atoms with E-state index in [1.54, 1.807) is 0 Å². The monoisotopic (exact) mass is 275 g/mol. The Morgan fingerprint density at radius 3 is 2.55 bits per heavy atom. The van der Waals surface area contributed by atoms with E-state index in [4.69, 9.17) is 9.47 Å². The van der Waals surface area contributed by atoms with Gasteiger partial charge < -0.3 is 14.4 Å². The molecule has 2 aliphatic rings. The molecule has 0 N–H and O–H groups in total. The van der Waals surface area contributed by atoms with Crippen molar-refractivity contribution in [3.05, 3.63) is 23.3 Å². The number of carbonyl (C=O) groups is 1. The van der Waals surface area contributed by atoms with Crippen LogP contribution in [0.15, 0.2) is 12.1 Å². The lowest BCUT2D eigenvalue weighted by Gasteiger charge is -2.37. The van der Waals surface area contributed by atoms with Crippen LogP contribution in [0.1, 0.15) is 37.9 Å². The van der Waals surface area contributed by atoms with Gasteiger partial charge in [-0.1, -0.05) is 13.8 Å². The minimum atomic E-state index is 0.0382. The molecule has 0 aromatic heterocycles. The van der Waals surface area contributed by atoms with Crippen LogP contribution in [0.2, 0.25) is 0 Å². The summed E-state index contributed by atoms with van der Waals surface area (Å²) in [6, 6.07) is 4.23. The van der Waals surface area contributed by atoms with Gasteiger partial charge in [0, 0.05) is 12.5 Å². The van der Waals surface area contributed by atoms with Crippen LogP contribution >= 0.6 is 0 Å². The summed E-state index contributed by atoms with van der Waals surface area (Å²) >= 11 is 0. The largest absolute Gasteiger partial charge is 0.486 e. The molecule has 20 heavy (non-hydrogen) atoms. The first-order valence-electron chi connectivity index (χ1n) is 7.31. The first-order chi connectivity index (χ1) is 9.58. The smallest absolute Gasteiger partial charge is 0.225 e. The van der Waals surface area contributed by atoms with Crippen molar-refractivity contribution in [3.63, 3.8) is 0 Å². The van der Waals surface area contributed by atoms with Crippen molar-refractivity contribution < 1.29 is 14.3 Å². The van der Waals surface area contributed by atoms with Crippen LogP contribution in [0.4, 0.5) is 0 Å². The molecule has 4 heteroatoms. The standard InChI is InChI=1S/C16H21NO3/c1-10(2)16(18)17-5-4-12-8-14-15(20-7-6-19-14)9-13(12)11(17)3/h8-11H,4-7H2,1-3H3. The summed E-state index contributed by atoms with van der Waals surface area (Å²) in [5.74, 6) is 1.90. The van der Waals surface area contributed by atoms with Crippen molar-refractivity contribution in [2.45, 2.75) is 33.2 Å². The number of hydrogen-bond donors (Lipinski definition) is 0. The molecule has 0 spiro atoms. The van der Waals surface area contributed by atoms with Gasteiger partial charge in [0.05, 0.1) is 6.04 Å². The van der Waals surface area contributed by atoms with Crippen LogP contribution in [-0.2, 0) is 11.2 Å². The van der Waals surface area contributed by atoms with Gasteiger partial charge in [0.2, 0.25) is 5.91 Å². The van der Waals surface area contributed by atoms with Crippen molar-refractivity contribution in [3.8, 4) is 11.5 Å². The Bertz CT molecular complexity index is 539. The quantitative estimate of drug-likeness (QED) is 0.790. The zero-order chi connectivity index (χ0) is 14.3. The SMILES string of the molecule is CC(C)C(=O)N1CCc2cc3c(cc2C1C)OCCO3. The summed E-state index contributed by atoms with van der Waals surface area (Å²) in [5, 5.41) is 0. The molecule has 0 fully saturated rings. The summed E-state index contributed by atoms with van der Waals surface area (Å²) < 4.78 is 11.3. The number of fused-ring (bicyclic) bond motifs is 2. The fourth-order valence-corrected chi connectivity index (χ4v) is 2.99. The van der Waals surface area contributed by atoms with Gasteiger partial charge >= 0.3 is 0 Å². The molecule has 1 amide bonds. The van der Waals surface area contributed by atoms with E-state index in [0.717, 1.165) is 24.5 Å². The Morgan fingerprint density at radius 2 is 1.90 bits per heavy atom. The second-order valence-electron chi connectivity index (χ2n) is 5.81. The van der Waals surface area contributed by atoms with Crippen LogP contribution in [0.3, 0.4) is 0 Å². The Morgan fingerprint density at radius 1 is 1.25 bits per heavy atom. The molecule has 0 bridgehead atoms. The van der Waals surface area contributed by atoms with Crippen LogP contribution in [-0.4, -0.2) is 30.6 Å². The molecule has 2 heterocycles. The van der Waals surface area contributed by atoms with Crippen molar-refractivity contribution in [1.29, 1.82) is 0 Å². The number of amides is 1. The van der Waals surface area contributed by atoms with Gasteiger partial charge in [0.1, 0.15) is 13.2 Å². The Labute approximate surface area is 119 Å². The van der Waals surface area contributed by atoms with Crippen LogP contribution in [0.5, 0.6) is 11.5 Å². The molecule has 1 unspecified atom stereocenters. The number of hydrogen-bond acceptors (Lipinski definition) is 3. The van der Waals surface area contributed by atoms with Crippen molar-refractivity contribution in [1.82, 2.24) is 4.90 Å². The molecule has 3 rings (SSSR count). The van der Waals surface area contributed by atoms with Gasteiger partial charge in [-0.15, -0.1) is 0 Å². The molecule has 0 saturated heterocycles. The highest BCUT2D eigenvalue weighted by atomic mass is 16.6. The number of rotatable bonds is 1. The van der Waals surface area contributed by atoms with E-state index in [9.17, 15) is 4.79 Å². The zero-order valence-electron chi connectivity index (χ0n) is 12.3. The van der Waals surface area contributed by atoms with Gasteiger partial charge in [-0.3, -0.25) is 4.79 Å². The van der Waals surface area contributed by atoms with Gasteiger partial charge in [0.25, 0.3) is 0 Å². The minimum Gasteiger partial charge on any atom is -0.486 e. The van der Waals surface area contributed by atoms with E-state index >= 15 is 0 Å². The topological polar surface area (TPSA) is 38.8 Å². The molecule has 1 atom stereocenters. The third-order valence-electron chi connectivity index (χ3n) is 4.12. The maximum atomic E-state index is 12.3. The lowest BCUT2D eigenvalue weighted by molar-refractivity contribution is -0.137. The predicted octanol–water partition coefficient (Wildman–Crippen LogP) is 2.56. The van der Waals surface area contributed by atoms with Gasteiger partial charge in [0.15, 0.2) is 11.5 Å². The highest BCUT2D eigenvalue weighted by Crippen LogP contribution is 2.39. The fourth-order valence-electron chi connectivity index (χ4n) is 2.99. The number of nitrogens with zero attached hydrogens (tertiary/aromatic N) is 1. The first-order valence-corrected chi connectivity index (χ1v) is 7.31. The first kappa shape index (κ1) is 13.3. The molecule has 1 aromatic rings. The third-order valence-corrected chi connectivity index (χ3v) is 4.12. The average molecular weight is 275 g/mol. The fraction of sp³-hybridized carbons (Fsp3) is 0.562. The lowest BCUT2D eigenvalue weighted by atomic mass is 9.92. The van der Waals surface area contributed by atoms with Gasteiger partial charge in [-0.25, -0.2) is 0 Å². The van der Waals surface area contributed by atoms with E-state index in [1.807, 2.05) is 24.8 Å². The summed E-state index contributed by atoms with van der Waals surface area (Å²) in [7, 11) is 0. The second-order valence-corrected chi connectivity index (χ2v) is 5.81. The van der Waals surface area contributed by atoms with Crippen molar-refractivity contribution in [2.75, 3.05) is 19.8 Å². The van der Waals surface area contributed by atoms with E-state index in [-0.39, 0.29) is 17.9 Å². The molecular weight excluding hydrogens is 254 g/mol. The Hall–Kier alpha value is -1.71. The Kier molecular flexibility index (Phi) is 3.32. The lowest BCUT2D eigenvalue weighted by Crippen LogP contribution is -2.41. The molecule has 0 aliphatic carbocycles. The zero-order valence-corrected chi connectivity index (χ0v) is 12.3. The summed E-state index contributed by atoms with van der Waals surface area (Å²) in [6.45, 7) is 7.98. The van der Waals surface area contributed by atoms with E-state index in [0.29, 0.717) is 13.2 Å². The average Bonchev–Trinajstić information content (AvgIpc) is 2.45. The number of carbonyl (C=O) groups excluding carboxylic acids is 1. The molecule has 108 valence electrons. The van der Waals surface area contributed by atoms with Crippen LogP contribution < -0.4 is 9.47 Å². The maximum Gasteiger partial charge on any atom is 0.225 e. The van der Waals surface area contributed by atoms with Crippen LogP contribution in [0.25, 0.3) is 0 Å². The van der Waals surface area contributed by atoms with E-state index < -0.39 is 0 Å². The predicted molar refractivity (Wildman–Crippen MR) is 76.1 cm³/mol. The van der Waals surface area contributed by atoms with E-state index in [1.165, 1.54) is 11.1 Å². The minimum absolute atomic E-state index is 0.0382. The highest BCUT2D eigenvalue weighted by molar-refractivity contribution is 5.79. The number of benzene rings is 1. The summed E-state index contributed by atoms with van der Waals surface area (Å²) in [5.41, 5.74) is 2.46. The molecule has 1 aromatic carbocycles. The molecule has 0 saturated carbocycles. The summed E-state index contributed by atoms with van der Waals surface area (Å²) in [6.07, 6.45) is 0.884. The number of ether oxygens (including phenoxy) is 2. The van der Waals surface area contributed by atoms with Gasteiger partial charge in [-0.05, 0) is 36.6 Å². The van der Waals surface area contributed by atoms with E-state index in [2.05, 4.69) is 13.0 Å². The third kappa shape index (κ3) is 2.13. The van der Waals surface area contributed by atoms with Gasteiger partial charge in [-0.2, -0.15) is 0 Å². The second kappa shape index (κ2) is 5.00. The summed E-state index contributed by atoms with van der Waals surface area (Å²) in [4.78, 5) is 14.3. The molecule has 2 aliphatic heterocycles. The Balaban J connectivity index is 1.94. The van der Waals surface area contributed by atoms with Crippen LogP contribution in [0, 0.1) is 5.92 Å².